The Kier molecular flexibility index (Phi) is 4.87. The number of rotatable bonds is 4. The minimum atomic E-state index is -0.504. The summed E-state index contributed by atoms with van der Waals surface area (Å²) < 4.78 is 0. The minimum absolute atomic E-state index is 0.0670. The van der Waals surface area contributed by atoms with E-state index in [1.807, 2.05) is 30.5 Å². The smallest absolute Gasteiger partial charge is 0.245 e. The summed E-state index contributed by atoms with van der Waals surface area (Å²) in [6.07, 6.45) is 0. The first kappa shape index (κ1) is 16.9. The molecule has 2 aromatic rings. The van der Waals surface area contributed by atoms with Gasteiger partial charge in [0.1, 0.15) is 12.6 Å². The number of thiazole rings is 1. The first-order chi connectivity index (χ1) is 11.5. The second-order valence-corrected chi connectivity index (χ2v) is 7.31. The standard InChI is InChI=1S/C17H18ClN3O2S/c1-11-17(23)20(7-13-5-3-4-6-15(13)18)9-16(22)21(11)8-14-10-24-12(2)19-14/h3-6,10-11H,7-9H2,1-2H3/t11-/m0/s1. The number of benzene rings is 1. The van der Waals surface area contributed by atoms with Crippen LogP contribution in [0.5, 0.6) is 0 Å². The van der Waals surface area contributed by atoms with Crippen LogP contribution >= 0.6 is 22.9 Å². The number of aromatic nitrogens is 1. The first-order valence-corrected chi connectivity index (χ1v) is 8.94. The van der Waals surface area contributed by atoms with E-state index in [1.165, 1.54) is 0 Å². The molecule has 1 saturated heterocycles. The van der Waals surface area contributed by atoms with Crippen LogP contribution in [0.15, 0.2) is 29.6 Å². The minimum Gasteiger partial charge on any atom is -0.327 e. The van der Waals surface area contributed by atoms with Crippen LogP contribution in [0, 0.1) is 6.92 Å². The fourth-order valence-corrected chi connectivity index (χ4v) is 3.59. The maximum Gasteiger partial charge on any atom is 0.245 e. The molecule has 2 amide bonds. The molecule has 3 rings (SSSR count). The Balaban J connectivity index is 1.73. The molecular weight excluding hydrogens is 346 g/mol. The average molecular weight is 364 g/mol. The molecule has 0 aliphatic carbocycles. The summed E-state index contributed by atoms with van der Waals surface area (Å²) in [6.45, 7) is 4.47. The lowest BCUT2D eigenvalue weighted by molar-refractivity contribution is -0.156. The van der Waals surface area contributed by atoms with Gasteiger partial charge in [0.05, 0.1) is 17.2 Å². The van der Waals surface area contributed by atoms with Gasteiger partial charge in [-0.2, -0.15) is 0 Å². The summed E-state index contributed by atoms with van der Waals surface area (Å²) in [5.74, 6) is -0.138. The molecule has 0 N–H and O–H groups in total. The number of hydrogen-bond acceptors (Lipinski definition) is 4. The van der Waals surface area contributed by atoms with Crippen molar-refractivity contribution in [3.8, 4) is 0 Å². The molecule has 5 nitrogen and oxygen atoms in total. The lowest BCUT2D eigenvalue weighted by atomic mass is 10.1. The lowest BCUT2D eigenvalue weighted by Crippen LogP contribution is -2.58. The second kappa shape index (κ2) is 6.91. The van der Waals surface area contributed by atoms with Gasteiger partial charge in [-0.05, 0) is 25.5 Å². The molecule has 0 spiro atoms. The van der Waals surface area contributed by atoms with Gasteiger partial charge in [0.2, 0.25) is 11.8 Å². The molecule has 7 heteroatoms. The van der Waals surface area contributed by atoms with E-state index in [2.05, 4.69) is 4.98 Å². The second-order valence-electron chi connectivity index (χ2n) is 5.84. The number of amides is 2. The molecular formula is C17H18ClN3O2S. The van der Waals surface area contributed by atoms with Crippen molar-refractivity contribution >= 4 is 34.8 Å². The van der Waals surface area contributed by atoms with Crippen molar-refractivity contribution in [2.75, 3.05) is 6.54 Å². The Morgan fingerprint density at radius 2 is 2.04 bits per heavy atom. The van der Waals surface area contributed by atoms with E-state index in [4.69, 9.17) is 11.6 Å². The zero-order valence-electron chi connectivity index (χ0n) is 13.5. The van der Waals surface area contributed by atoms with E-state index < -0.39 is 6.04 Å². The summed E-state index contributed by atoms with van der Waals surface area (Å²) in [4.78, 5) is 32.7. The zero-order valence-corrected chi connectivity index (χ0v) is 15.1. The van der Waals surface area contributed by atoms with Gasteiger partial charge in [0.15, 0.2) is 0 Å². The van der Waals surface area contributed by atoms with Gasteiger partial charge >= 0.3 is 0 Å². The van der Waals surface area contributed by atoms with E-state index in [0.29, 0.717) is 18.1 Å². The predicted octanol–water partition coefficient (Wildman–Crippen LogP) is 2.86. The molecule has 0 saturated carbocycles. The molecule has 1 aromatic carbocycles. The molecule has 1 fully saturated rings. The summed E-state index contributed by atoms with van der Waals surface area (Å²) in [6, 6.07) is 6.87. The molecule has 1 atom stereocenters. The molecule has 0 radical (unpaired) electrons. The van der Waals surface area contributed by atoms with Gasteiger partial charge in [0.25, 0.3) is 0 Å². The SMILES string of the molecule is Cc1nc(CN2C(=O)CN(Cc3ccccc3Cl)C(=O)[C@@H]2C)cs1. The Morgan fingerprint density at radius 3 is 2.71 bits per heavy atom. The Morgan fingerprint density at radius 1 is 1.29 bits per heavy atom. The highest BCUT2D eigenvalue weighted by Gasteiger charge is 2.36. The number of aryl methyl sites for hydroxylation is 1. The fraction of sp³-hybridized carbons (Fsp3) is 0.353. The van der Waals surface area contributed by atoms with Gasteiger partial charge in [-0.3, -0.25) is 9.59 Å². The van der Waals surface area contributed by atoms with Crippen LogP contribution in [0.2, 0.25) is 5.02 Å². The monoisotopic (exact) mass is 363 g/mol. The van der Waals surface area contributed by atoms with Crippen molar-refractivity contribution in [3.63, 3.8) is 0 Å². The van der Waals surface area contributed by atoms with E-state index in [1.54, 1.807) is 34.1 Å². The third-order valence-corrected chi connectivity index (χ3v) is 5.29. The fourth-order valence-electron chi connectivity index (χ4n) is 2.79. The first-order valence-electron chi connectivity index (χ1n) is 7.68. The number of nitrogens with zero attached hydrogens (tertiary/aromatic N) is 3. The van der Waals surface area contributed by atoms with Gasteiger partial charge in [-0.15, -0.1) is 11.3 Å². The third kappa shape index (κ3) is 3.44. The van der Waals surface area contributed by atoms with Crippen LogP contribution in [-0.2, 0) is 22.7 Å². The summed E-state index contributed by atoms with van der Waals surface area (Å²) in [7, 11) is 0. The molecule has 2 heterocycles. The van der Waals surface area contributed by atoms with Crippen molar-refractivity contribution in [3.05, 3.63) is 50.9 Å². The van der Waals surface area contributed by atoms with Crippen LogP contribution in [-0.4, -0.2) is 39.2 Å². The molecule has 0 bridgehead atoms. The number of carbonyl (C=O) groups is 2. The van der Waals surface area contributed by atoms with Crippen molar-refractivity contribution in [2.45, 2.75) is 33.0 Å². The van der Waals surface area contributed by atoms with E-state index in [0.717, 1.165) is 16.3 Å². The van der Waals surface area contributed by atoms with Crippen molar-refractivity contribution in [1.29, 1.82) is 0 Å². The molecule has 24 heavy (non-hydrogen) atoms. The lowest BCUT2D eigenvalue weighted by Gasteiger charge is -2.38. The van der Waals surface area contributed by atoms with Crippen LogP contribution in [0.4, 0.5) is 0 Å². The highest BCUT2D eigenvalue weighted by Crippen LogP contribution is 2.22. The number of hydrogen-bond donors (Lipinski definition) is 0. The van der Waals surface area contributed by atoms with Gasteiger partial charge in [0, 0.05) is 16.9 Å². The van der Waals surface area contributed by atoms with Crippen LogP contribution in [0.25, 0.3) is 0 Å². The number of halogens is 1. The summed E-state index contributed by atoms with van der Waals surface area (Å²) in [5.41, 5.74) is 1.67. The highest BCUT2D eigenvalue weighted by molar-refractivity contribution is 7.09. The number of piperazine rings is 1. The Labute approximate surface area is 149 Å². The van der Waals surface area contributed by atoms with Crippen LogP contribution < -0.4 is 0 Å². The zero-order chi connectivity index (χ0) is 17.3. The van der Waals surface area contributed by atoms with Crippen LogP contribution in [0.1, 0.15) is 23.2 Å². The average Bonchev–Trinajstić information content (AvgIpc) is 2.96. The molecule has 1 aromatic heterocycles. The maximum absolute atomic E-state index is 12.7. The third-order valence-electron chi connectivity index (χ3n) is 4.10. The molecule has 126 valence electrons. The molecule has 0 unspecified atom stereocenters. The quantitative estimate of drug-likeness (QED) is 0.839. The Bertz CT molecular complexity index is 777. The Hall–Kier alpha value is -1.92. The van der Waals surface area contributed by atoms with E-state index in [-0.39, 0.29) is 18.4 Å². The normalized spacial score (nSPS) is 18.4. The van der Waals surface area contributed by atoms with Crippen LogP contribution in [0.3, 0.4) is 0 Å². The largest absolute Gasteiger partial charge is 0.327 e. The highest BCUT2D eigenvalue weighted by atomic mass is 35.5. The summed E-state index contributed by atoms with van der Waals surface area (Å²) in [5, 5.41) is 3.48. The topological polar surface area (TPSA) is 53.5 Å². The predicted molar refractivity (Wildman–Crippen MR) is 93.7 cm³/mol. The summed E-state index contributed by atoms with van der Waals surface area (Å²) >= 11 is 7.70. The van der Waals surface area contributed by atoms with Crippen molar-refractivity contribution < 1.29 is 9.59 Å². The van der Waals surface area contributed by atoms with Gasteiger partial charge in [-0.1, -0.05) is 29.8 Å². The van der Waals surface area contributed by atoms with Gasteiger partial charge < -0.3 is 9.80 Å². The number of carbonyl (C=O) groups excluding carboxylic acids is 2. The van der Waals surface area contributed by atoms with Crippen molar-refractivity contribution in [1.82, 2.24) is 14.8 Å². The van der Waals surface area contributed by atoms with E-state index >= 15 is 0 Å². The van der Waals surface area contributed by atoms with Gasteiger partial charge in [-0.25, -0.2) is 4.98 Å². The molecule has 1 aliphatic heterocycles. The van der Waals surface area contributed by atoms with E-state index in [9.17, 15) is 9.59 Å². The molecule has 1 aliphatic rings. The van der Waals surface area contributed by atoms with Crippen molar-refractivity contribution in [2.24, 2.45) is 0 Å². The maximum atomic E-state index is 12.7.